The number of benzene rings is 1. The van der Waals surface area contributed by atoms with Gasteiger partial charge in [-0.15, -0.1) is 0 Å². The van der Waals surface area contributed by atoms with Gasteiger partial charge in [0.05, 0.1) is 5.56 Å². The molecule has 0 heterocycles. The maximum Gasteiger partial charge on any atom is 0.338 e. The Morgan fingerprint density at radius 1 is 1.11 bits per heavy atom. The molecule has 1 aromatic rings. The Bertz CT molecular complexity index is 415. The summed E-state index contributed by atoms with van der Waals surface area (Å²) in [5, 5.41) is 0. The Hall–Kier alpha value is -0.880. The van der Waals surface area contributed by atoms with Crippen LogP contribution >= 0.6 is 31.9 Å². The molecule has 6 heteroatoms. The molecule has 18 heavy (non-hydrogen) atoms. The van der Waals surface area contributed by atoms with Gasteiger partial charge in [0.2, 0.25) is 0 Å². The van der Waals surface area contributed by atoms with Crippen LogP contribution in [0.25, 0.3) is 0 Å². The van der Waals surface area contributed by atoms with E-state index in [1.165, 1.54) is 0 Å². The van der Waals surface area contributed by atoms with Crippen molar-refractivity contribution in [3.63, 3.8) is 0 Å². The van der Waals surface area contributed by atoms with Crippen LogP contribution in [0.3, 0.4) is 0 Å². The van der Waals surface area contributed by atoms with E-state index in [0.29, 0.717) is 5.56 Å². The molecule has 0 N–H and O–H groups in total. The van der Waals surface area contributed by atoms with Crippen LogP contribution in [0.2, 0.25) is 0 Å². The number of carbonyl (C=O) groups is 2. The van der Waals surface area contributed by atoms with Gasteiger partial charge < -0.3 is 9.47 Å². The maximum atomic E-state index is 11.6. The number of halogens is 2. The molecule has 1 rings (SSSR count). The number of carbonyl (C=O) groups excluding carboxylic acids is 2. The van der Waals surface area contributed by atoms with E-state index in [2.05, 4.69) is 31.9 Å². The second-order valence-corrected chi connectivity index (χ2v) is 6.53. The molecule has 0 aromatic heterocycles. The van der Waals surface area contributed by atoms with E-state index in [4.69, 9.17) is 9.47 Å². The molecule has 0 amide bonds. The summed E-state index contributed by atoms with van der Waals surface area (Å²) in [7, 11) is 0. The molecule has 0 unspecified atom stereocenters. The largest absolute Gasteiger partial charge is 0.461 e. The van der Waals surface area contributed by atoms with Crippen LogP contribution in [0.15, 0.2) is 24.3 Å². The summed E-state index contributed by atoms with van der Waals surface area (Å²) in [6, 6.07) is 7.04. The van der Waals surface area contributed by atoms with Crippen molar-refractivity contribution >= 4 is 43.8 Å². The van der Waals surface area contributed by atoms with Crippen LogP contribution in [0.4, 0.5) is 0 Å². The van der Waals surface area contributed by atoms with E-state index < -0.39 is 15.7 Å². The van der Waals surface area contributed by atoms with Gasteiger partial charge in [0, 0.05) is 0 Å². The number of hydrogen-bond acceptors (Lipinski definition) is 4. The van der Waals surface area contributed by atoms with Gasteiger partial charge in [-0.05, 0) is 19.1 Å². The second kappa shape index (κ2) is 7.53. The van der Waals surface area contributed by atoms with E-state index in [-0.39, 0.29) is 13.2 Å². The molecule has 98 valence electrons. The zero-order valence-corrected chi connectivity index (χ0v) is 12.9. The standard InChI is InChI=1S/C12H12Br2O4/c1-8-2-4-9(5-3-8)11(15)17-6-7-18-12(16)10(13)14/h2-5,10H,6-7H2,1H3. The summed E-state index contributed by atoms with van der Waals surface area (Å²) in [5.74, 6) is -0.887. The van der Waals surface area contributed by atoms with Crippen molar-refractivity contribution in [3.8, 4) is 0 Å². The molecule has 0 saturated carbocycles. The van der Waals surface area contributed by atoms with Crippen molar-refractivity contribution in [3.05, 3.63) is 35.4 Å². The number of hydrogen-bond donors (Lipinski definition) is 0. The van der Waals surface area contributed by atoms with E-state index in [0.717, 1.165) is 5.56 Å². The lowest BCUT2D eigenvalue weighted by molar-refractivity contribution is -0.142. The summed E-state index contributed by atoms with van der Waals surface area (Å²) in [5.41, 5.74) is 1.55. The van der Waals surface area contributed by atoms with Crippen molar-refractivity contribution in [1.29, 1.82) is 0 Å². The molecule has 0 atom stereocenters. The van der Waals surface area contributed by atoms with Crippen LogP contribution in [0.1, 0.15) is 15.9 Å². The van der Waals surface area contributed by atoms with Gasteiger partial charge in [-0.2, -0.15) is 0 Å². The van der Waals surface area contributed by atoms with E-state index in [1.54, 1.807) is 12.1 Å². The average Bonchev–Trinajstić information content (AvgIpc) is 2.34. The Balaban J connectivity index is 2.29. The first-order valence-corrected chi connectivity index (χ1v) is 7.02. The molecule has 1 aromatic carbocycles. The van der Waals surface area contributed by atoms with Crippen molar-refractivity contribution in [1.82, 2.24) is 0 Å². The molecule has 0 bridgehead atoms. The first-order chi connectivity index (χ1) is 8.50. The van der Waals surface area contributed by atoms with Crippen LogP contribution in [0, 0.1) is 6.92 Å². The molecule has 0 aliphatic rings. The molecule has 0 aliphatic heterocycles. The zero-order chi connectivity index (χ0) is 13.5. The fourth-order valence-corrected chi connectivity index (χ4v) is 1.38. The number of alkyl halides is 2. The van der Waals surface area contributed by atoms with Gasteiger partial charge in [0.15, 0.2) is 3.74 Å². The summed E-state index contributed by atoms with van der Waals surface area (Å²) in [6.45, 7) is 2.00. The topological polar surface area (TPSA) is 52.6 Å². The number of aryl methyl sites for hydroxylation is 1. The fraction of sp³-hybridized carbons (Fsp3) is 0.333. The summed E-state index contributed by atoms with van der Waals surface area (Å²) in [6.07, 6.45) is 0. The van der Waals surface area contributed by atoms with Gasteiger partial charge in [0.1, 0.15) is 13.2 Å². The molecular weight excluding hydrogens is 368 g/mol. The number of esters is 2. The Morgan fingerprint density at radius 3 is 2.22 bits per heavy atom. The Labute approximate surface area is 122 Å². The van der Waals surface area contributed by atoms with Gasteiger partial charge in [-0.3, -0.25) is 0 Å². The molecule has 0 aliphatic carbocycles. The van der Waals surface area contributed by atoms with Crippen molar-refractivity contribution in [2.75, 3.05) is 13.2 Å². The van der Waals surface area contributed by atoms with Crippen LogP contribution < -0.4 is 0 Å². The summed E-state index contributed by atoms with van der Waals surface area (Å²) in [4.78, 5) is 22.6. The fourth-order valence-electron chi connectivity index (χ4n) is 1.11. The van der Waals surface area contributed by atoms with E-state index in [9.17, 15) is 9.59 Å². The first-order valence-electron chi connectivity index (χ1n) is 5.19. The highest BCUT2D eigenvalue weighted by molar-refractivity contribution is 9.25. The van der Waals surface area contributed by atoms with Gasteiger partial charge in [-0.25, -0.2) is 9.59 Å². The molecule has 0 fully saturated rings. The summed E-state index contributed by atoms with van der Waals surface area (Å²) >= 11 is 6.00. The maximum absolute atomic E-state index is 11.6. The van der Waals surface area contributed by atoms with Crippen molar-refractivity contribution in [2.45, 2.75) is 10.7 Å². The second-order valence-electron chi connectivity index (χ2n) is 3.47. The minimum absolute atomic E-state index is 0.0319. The highest BCUT2D eigenvalue weighted by atomic mass is 79.9. The highest BCUT2D eigenvalue weighted by Gasteiger charge is 2.12. The van der Waals surface area contributed by atoms with Crippen LogP contribution in [-0.2, 0) is 14.3 Å². The predicted octanol–water partition coefficient (Wildman–Crippen LogP) is 2.81. The lowest BCUT2D eigenvalue weighted by atomic mass is 10.1. The predicted molar refractivity (Wildman–Crippen MR) is 74.1 cm³/mol. The smallest absolute Gasteiger partial charge is 0.338 e. The van der Waals surface area contributed by atoms with Gasteiger partial charge in [-0.1, -0.05) is 49.6 Å². The monoisotopic (exact) mass is 378 g/mol. The van der Waals surface area contributed by atoms with E-state index >= 15 is 0 Å². The van der Waals surface area contributed by atoms with Crippen molar-refractivity contribution in [2.24, 2.45) is 0 Å². The SMILES string of the molecule is Cc1ccc(C(=O)OCCOC(=O)C(Br)Br)cc1. The molecule has 0 saturated heterocycles. The zero-order valence-electron chi connectivity index (χ0n) is 9.69. The van der Waals surface area contributed by atoms with Crippen LogP contribution in [-0.4, -0.2) is 28.9 Å². The third-order valence-corrected chi connectivity index (χ3v) is 2.77. The third kappa shape index (κ3) is 5.18. The Kier molecular flexibility index (Phi) is 6.35. The molecule has 4 nitrogen and oxygen atoms in total. The third-order valence-electron chi connectivity index (χ3n) is 2.03. The van der Waals surface area contributed by atoms with Crippen molar-refractivity contribution < 1.29 is 19.1 Å². The molecule has 0 spiro atoms. The van der Waals surface area contributed by atoms with Gasteiger partial charge >= 0.3 is 11.9 Å². The number of rotatable bonds is 5. The Morgan fingerprint density at radius 2 is 1.67 bits per heavy atom. The molecular formula is C12H12Br2O4. The summed E-state index contributed by atoms with van der Waals surface area (Å²) < 4.78 is 9.21. The highest BCUT2D eigenvalue weighted by Crippen LogP contribution is 2.09. The normalized spacial score (nSPS) is 10.2. The van der Waals surface area contributed by atoms with E-state index in [1.807, 2.05) is 19.1 Å². The minimum Gasteiger partial charge on any atom is -0.461 e. The minimum atomic E-state index is -0.544. The first kappa shape index (κ1) is 15.2. The average molecular weight is 380 g/mol. The molecule has 0 radical (unpaired) electrons. The van der Waals surface area contributed by atoms with Gasteiger partial charge in [0.25, 0.3) is 0 Å². The quantitative estimate of drug-likeness (QED) is 0.448. The van der Waals surface area contributed by atoms with Crippen LogP contribution in [0.5, 0.6) is 0 Å². The lowest BCUT2D eigenvalue weighted by Crippen LogP contribution is -2.17. The number of ether oxygens (including phenoxy) is 2. The lowest BCUT2D eigenvalue weighted by Gasteiger charge is -2.07.